The Morgan fingerprint density at radius 2 is 2.00 bits per heavy atom. The van der Waals surface area contributed by atoms with Crippen molar-refractivity contribution in [3.63, 3.8) is 0 Å². The van der Waals surface area contributed by atoms with Crippen molar-refractivity contribution >= 4 is 27.5 Å². The van der Waals surface area contributed by atoms with Crippen LogP contribution in [0.4, 0.5) is 10.1 Å². The van der Waals surface area contributed by atoms with Gasteiger partial charge in [-0.1, -0.05) is 15.9 Å². The van der Waals surface area contributed by atoms with Crippen LogP contribution in [0.3, 0.4) is 0 Å². The van der Waals surface area contributed by atoms with E-state index in [9.17, 15) is 9.18 Å². The summed E-state index contributed by atoms with van der Waals surface area (Å²) in [5.74, 6) is -0.658. The molecule has 1 saturated heterocycles. The van der Waals surface area contributed by atoms with Crippen molar-refractivity contribution in [3.8, 4) is 11.8 Å². The summed E-state index contributed by atoms with van der Waals surface area (Å²) >= 11 is 3.18. The van der Waals surface area contributed by atoms with Gasteiger partial charge in [0.15, 0.2) is 17.7 Å². The van der Waals surface area contributed by atoms with Gasteiger partial charge in [-0.15, -0.1) is 0 Å². The third-order valence-corrected chi connectivity index (χ3v) is 4.12. The second-order valence-corrected chi connectivity index (χ2v) is 6.03. The van der Waals surface area contributed by atoms with Crippen molar-refractivity contribution in [2.24, 2.45) is 0 Å². The average Bonchev–Trinajstić information content (AvgIpc) is 2.91. The number of rotatable bonds is 3. The largest absolute Gasteiger partial charge is 0.477 e. The molecule has 0 spiro atoms. The van der Waals surface area contributed by atoms with Gasteiger partial charge in [0.05, 0.1) is 11.6 Å². The number of amides is 1. The second-order valence-electron chi connectivity index (χ2n) is 5.12. The first kappa shape index (κ1) is 15.5. The molecule has 0 aromatic heterocycles. The van der Waals surface area contributed by atoms with E-state index in [4.69, 9.17) is 10.00 Å². The highest BCUT2D eigenvalue weighted by Gasteiger charge is 2.34. The maximum atomic E-state index is 13.8. The highest BCUT2D eigenvalue weighted by Crippen LogP contribution is 2.27. The summed E-state index contributed by atoms with van der Waals surface area (Å²) in [4.78, 5) is 14.0. The van der Waals surface area contributed by atoms with Crippen LogP contribution in [0.2, 0.25) is 0 Å². The maximum Gasteiger partial charge on any atom is 0.268 e. The monoisotopic (exact) mass is 374 g/mol. The van der Waals surface area contributed by atoms with Crippen LogP contribution in [0.15, 0.2) is 46.9 Å². The average molecular weight is 375 g/mol. The van der Waals surface area contributed by atoms with Crippen molar-refractivity contribution in [1.82, 2.24) is 0 Å². The lowest BCUT2D eigenvalue weighted by atomic mass is 10.2. The highest BCUT2D eigenvalue weighted by molar-refractivity contribution is 9.10. The smallest absolute Gasteiger partial charge is 0.268 e. The lowest BCUT2D eigenvalue weighted by molar-refractivity contribution is -0.122. The number of ether oxygens (including phenoxy) is 1. The Hall–Kier alpha value is -2.39. The van der Waals surface area contributed by atoms with Gasteiger partial charge in [0.25, 0.3) is 5.91 Å². The predicted octanol–water partition coefficient (Wildman–Crippen LogP) is 3.64. The summed E-state index contributed by atoms with van der Waals surface area (Å²) in [6.45, 7) is 0.494. The molecule has 0 aliphatic carbocycles. The normalized spacial score (nSPS) is 17.2. The van der Waals surface area contributed by atoms with Gasteiger partial charge >= 0.3 is 0 Å². The molecule has 0 bridgehead atoms. The Kier molecular flexibility index (Phi) is 4.30. The van der Waals surface area contributed by atoms with Crippen molar-refractivity contribution in [2.75, 3.05) is 11.4 Å². The maximum absolute atomic E-state index is 13.8. The van der Waals surface area contributed by atoms with Gasteiger partial charge < -0.3 is 9.64 Å². The molecule has 2 aromatic rings. The molecule has 6 heteroatoms. The van der Waals surface area contributed by atoms with Gasteiger partial charge in [0.1, 0.15) is 0 Å². The molecule has 0 radical (unpaired) electrons. The zero-order valence-electron chi connectivity index (χ0n) is 12.0. The Labute approximate surface area is 141 Å². The summed E-state index contributed by atoms with van der Waals surface area (Å²) in [7, 11) is 0. The number of anilines is 1. The first-order chi connectivity index (χ1) is 11.1. The van der Waals surface area contributed by atoms with Crippen LogP contribution in [0.1, 0.15) is 12.0 Å². The first-order valence-electron chi connectivity index (χ1n) is 7.02. The van der Waals surface area contributed by atoms with Crippen LogP contribution in [0.25, 0.3) is 0 Å². The topological polar surface area (TPSA) is 53.3 Å². The number of benzene rings is 2. The molecule has 0 unspecified atom stereocenters. The molecule has 4 nitrogen and oxygen atoms in total. The van der Waals surface area contributed by atoms with Crippen LogP contribution in [0, 0.1) is 17.1 Å². The van der Waals surface area contributed by atoms with Crippen molar-refractivity contribution in [1.29, 1.82) is 5.26 Å². The molecule has 0 saturated carbocycles. The van der Waals surface area contributed by atoms with Crippen molar-refractivity contribution < 1.29 is 13.9 Å². The van der Waals surface area contributed by atoms with Crippen LogP contribution >= 0.6 is 15.9 Å². The fourth-order valence-electron chi connectivity index (χ4n) is 2.46. The van der Waals surface area contributed by atoms with Crippen LogP contribution in [-0.2, 0) is 4.79 Å². The van der Waals surface area contributed by atoms with Gasteiger partial charge in [-0.05, 0) is 42.5 Å². The molecule has 1 fully saturated rings. The molecule has 1 aliphatic heterocycles. The zero-order valence-corrected chi connectivity index (χ0v) is 13.6. The minimum absolute atomic E-state index is 0.0632. The number of nitriles is 1. The quantitative estimate of drug-likeness (QED) is 0.823. The Morgan fingerprint density at radius 1 is 1.26 bits per heavy atom. The van der Waals surface area contributed by atoms with Gasteiger partial charge in [0, 0.05) is 23.1 Å². The molecule has 2 aromatic carbocycles. The molecule has 1 heterocycles. The van der Waals surface area contributed by atoms with E-state index in [0.717, 1.165) is 0 Å². The third kappa shape index (κ3) is 3.20. The van der Waals surface area contributed by atoms with E-state index in [2.05, 4.69) is 15.9 Å². The number of hydrogen-bond acceptors (Lipinski definition) is 3. The van der Waals surface area contributed by atoms with E-state index in [1.165, 1.54) is 12.1 Å². The molecule has 1 atom stereocenters. The Bertz CT molecular complexity index is 786. The minimum Gasteiger partial charge on any atom is -0.477 e. The number of carbonyl (C=O) groups excluding carboxylic acids is 1. The Balaban J connectivity index is 1.74. The fraction of sp³-hybridized carbons (Fsp3) is 0.176. The highest BCUT2D eigenvalue weighted by atomic mass is 79.9. The van der Waals surface area contributed by atoms with E-state index in [-0.39, 0.29) is 11.7 Å². The number of hydrogen-bond donors (Lipinski definition) is 0. The van der Waals surface area contributed by atoms with E-state index in [1.54, 1.807) is 35.2 Å². The number of halogens is 2. The van der Waals surface area contributed by atoms with Gasteiger partial charge in [-0.25, -0.2) is 4.39 Å². The molecule has 1 aliphatic rings. The van der Waals surface area contributed by atoms with E-state index < -0.39 is 11.9 Å². The van der Waals surface area contributed by atoms with E-state index >= 15 is 0 Å². The second kappa shape index (κ2) is 6.39. The van der Waals surface area contributed by atoms with Gasteiger partial charge in [-0.3, -0.25) is 4.79 Å². The standard InChI is InChI=1S/C17H12BrFN2O2/c18-12-3-6-15(14(19)9-12)23-16-7-8-21(17(16)22)13-4-1-11(10-20)2-5-13/h1-6,9,16H,7-8H2/t16-/m0/s1. The van der Waals surface area contributed by atoms with Crippen LogP contribution < -0.4 is 9.64 Å². The molecular weight excluding hydrogens is 363 g/mol. The minimum atomic E-state index is -0.707. The SMILES string of the molecule is N#Cc1ccc(N2CC[C@H](Oc3ccc(Br)cc3F)C2=O)cc1. The number of nitrogens with zero attached hydrogens (tertiary/aromatic N) is 2. The summed E-state index contributed by atoms with van der Waals surface area (Å²) in [5, 5.41) is 8.81. The molecule has 116 valence electrons. The number of carbonyl (C=O) groups is 1. The van der Waals surface area contributed by atoms with Crippen molar-refractivity contribution in [3.05, 3.63) is 58.3 Å². The molecule has 23 heavy (non-hydrogen) atoms. The molecule has 0 N–H and O–H groups in total. The van der Waals surface area contributed by atoms with Crippen molar-refractivity contribution in [2.45, 2.75) is 12.5 Å². The third-order valence-electron chi connectivity index (χ3n) is 3.63. The predicted molar refractivity (Wildman–Crippen MR) is 86.6 cm³/mol. The van der Waals surface area contributed by atoms with E-state index in [0.29, 0.717) is 28.7 Å². The first-order valence-corrected chi connectivity index (χ1v) is 7.81. The lowest BCUT2D eigenvalue weighted by Gasteiger charge is -2.17. The van der Waals surface area contributed by atoms with Crippen LogP contribution in [0.5, 0.6) is 5.75 Å². The lowest BCUT2D eigenvalue weighted by Crippen LogP contribution is -2.32. The van der Waals surface area contributed by atoms with Gasteiger partial charge in [0.2, 0.25) is 0 Å². The van der Waals surface area contributed by atoms with E-state index in [1.807, 2.05) is 6.07 Å². The summed E-state index contributed by atoms with van der Waals surface area (Å²) in [5.41, 5.74) is 1.24. The summed E-state index contributed by atoms with van der Waals surface area (Å²) < 4.78 is 20.0. The van der Waals surface area contributed by atoms with Gasteiger partial charge in [-0.2, -0.15) is 5.26 Å². The molecule has 3 rings (SSSR count). The Morgan fingerprint density at radius 3 is 2.65 bits per heavy atom. The molecule has 1 amide bonds. The summed E-state index contributed by atoms with van der Waals surface area (Å²) in [6.07, 6.45) is -0.227. The zero-order chi connectivity index (χ0) is 16.4. The van der Waals surface area contributed by atoms with Crippen LogP contribution in [-0.4, -0.2) is 18.6 Å². The fourth-order valence-corrected chi connectivity index (χ4v) is 2.79. The summed E-state index contributed by atoms with van der Waals surface area (Å²) in [6, 6.07) is 13.3. The molecular formula is C17H12BrFN2O2.